The number of halogens is 1. The molecule has 0 fully saturated rings. The van der Waals surface area contributed by atoms with Gasteiger partial charge < -0.3 is 4.74 Å². The van der Waals surface area contributed by atoms with Crippen molar-refractivity contribution in [1.82, 2.24) is 0 Å². The minimum absolute atomic E-state index is 0.0561. The van der Waals surface area contributed by atoms with Crippen LogP contribution >= 0.6 is 15.9 Å². The number of hydrogen-bond donors (Lipinski definition) is 0. The molecule has 1 amide bonds. The van der Waals surface area contributed by atoms with Crippen LogP contribution < -0.4 is 9.64 Å². The molecule has 3 nitrogen and oxygen atoms in total. The summed E-state index contributed by atoms with van der Waals surface area (Å²) in [6.45, 7) is 3.79. The van der Waals surface area contributed by atoms with Crippen molar-refractivity contribution in [3.63, 3.8) is 0 Å². The van der Waals surface area contributed by atoms with Gasteiger partial charge in [-0.3, -0.25) is 9.69 Å². The van der Waals surface area contributed by atoms with E-state index in [1.165, 1.54) is 0 Å². The zero-order chi connectivity index (χ0) is 14.3. The van der Waals surface area contributed by atoms with Gasteiger partial charge in [-0.15, -0.1) is 0 Å². The number of para-hydroxylation sites is 2. The summed E-state index contributed by atoms with van der Waals surface area (Å²) in [5, 5.41) is 0. The van der Waals surface area contributed by atoms with Gasteiger partial charge in [0.1, 0.15) is 5.75 Å². The molecular formula is C16H14BrNO2. The molecule has 1 aliphatic rings. The highest BCUT2D eigenvalue weighted by molar-refractivity contribution is 9.10. The molecule has 1 atom stereocenters. The third-order valence-electron chi connectivity index (χ3n) is 3.39. The first kappa shape index (κ1) is 13.2. The SMILES string of the molecule is Cc1ccc(N2C(=O)C(C)Oc3ccccc32)cc1Br. The Morgan fingerprint density at radius 1 is 1.20 bits per heavy atom. The van der Waals surface area contributed by atoms with Gasteiger partial charge in [-0.1, -0.05) is 34.1 Å². The van der Waals surface area contributed by atoms with Gasteiger partial charge in [-0.05, 0) is 43.7 Å². The van der Waals surface area contributed by atoms with Crippen molar-refractivity contribution in [2.45, 2.75) is 20.0 Å². The molecule has 0 aromatic heterocycles. The number of benzene rings is 2. The van der Waals surface area contributed by atoms with Crippen molar-refractivity contribution < 1.29 is 9.53 Å². The first-order valence-corrected chi connectivity index (χ1v) is 7.23. The van der Waals surface area contributed by atoms with Gasteiger partial charge in [-0.25, -0.2) is 0 Å². The normalized spacial score (nSPS) is 17.6. The number of fused-ring (bicyclic) bond motifs is 1. The van der Waals surface area contributed by atoms with E-state index in [4.69, 9.17) is 4.74 Å². The smallest absolute Gasteiger partial charge is 0.272 e. The van der Waals surface area contributed by atoms with Crippen molar-refractivity contribution in [3.8, 4) is 5.75 Å². The molecule has 0 saturated heterocycles. The summed E-state index contributed by atoms with van der Waals surface area (Å²) in [4.78, 5) is 14.2. The average Bonchev–Trinajstić information content (AvgIpc) is 2.44. The second kappa shape index (κ2) is 4.94. The van der Waals surface area contributed by atoms with Gasteiger partial charge >= 0.3 is 0 Å². The fraction of sp³-hybridized carbons (Fsp3) is 0.188. The summed E-state index contributed by atoms with van der Waals surface area (Å²) < 4.78 is 6.63. The van der Waals surface area contributed by atoms with Crippen LogP contribution in [0.4, 0.5) is 11.4 Å². The average molecular weight is 332 g/mol. The molecular weight excluding hydrogens is 318 g/mol. The lowest BCUT2D eigenvalue weighted by atomic mass is 10.1. The molecule has 102 valence electrons. The maximum absolute atomic E-state index is 12.5. The van der Waals surface area contributed by atoms with Gasteiger partial charge in [-0.2, -0.15) is 0 Å². The predicted octanol–water partition coefficient (Wildman–Crippen LogP) is 4.20. The molecule has 0 radical (unpaired) electrons. The Balaban J connectivity index is 2.15. The molecule has 2 aromatic rings. The molecule has 20 heavy (non-hydrogen) atoms. The first-order chi connectivity index (χ1) is 9.58. The lowest BCUT2D eigenvalue weighted by Crippen LogP contribution is -2.41. The van der Waals surface area contributed by atoms with Gasteiger partial charge in [0, 0.05) is 4.47 Å². The van der Waals surface area contributed by atoms with Gasteiger partial charge in [0.15, 0.2) is 6.10 Å². The third kappa shape index (κ3) is 2.10. The molecule has 0 bridgehead atoms. The van der Waals surface area contributed by atoms with E-state index in [-0.39, 0.29) is 5.91 Å². The third-order valence-corrected chi connectivity index (χ3v) is 4.25. The molecule has 3 rings (SSSR count). The molecule has 0 saturated carbocycles. The Bertz CT molecular complexity index is 684. The summed E-state index contributed by atoms with van der Waals surface area (Å²) in [5.74, 6) is 0.677. The Labute approximate surface area is 126 Å². The van der Waals surface area contributed by atoms with E-state index >= 15 is 0 Å². The minimum atomic E-state index is -0.482. The summed E-state index contributed by atoms with van der Waals surface area (Å²) in [7, 11) is 0. The lowest BCUT2D eigenvalue weighted by molar-refractivity contribution is -0.124. The fourth-order valence-electron chi connectivity index (χ4n) is 2.27. The number of rotatable bonds is 1. The van der Waals surface area contributed by atoms with E-state index in [1.54, 1.807) is 11.8 Å². The molecule has 1 aliphatic heterocycles. The first-order valence-electron chi connectivity index (χ1n) is 6.44. The molecule has 0 spiro atoms. The molecule has 0 aliphatic carbocycles. The molecule has 0 N–H and O–H groups in total. The van der Waals surface area contributed by atoms with Crippen molar-refractivity contribution in [3.05, 3.63) is 52.5 Å². The number of carbonyl (C=O) groups is 1. The highest BCUT2D eigenvalue weighted by atomic mass is 79.9. The fourth-order valence-corrected chi connectivity index (χ4v) is 2.64. The van der Waals surface area contributed by atoms with E-state index in [0.29, 0.717) is 0 Å². The van der Waals surface area contributed by atoms with E-state index in [9.17, 15) is 4.79 Å². The Morgan fingerprint density at radius 2 is 1.95 bits per heavy atom. The maximum atomic E-state index is 12.5. The Hall–Kier alpha value is -1.81. The van der Waals surface area contributed by atoms with Crippen LogP contribution in [0.5, 0.6) is 5.75 Å². The van der Waals surface area contributed by atoms with Crippen LogP contribution in [0.15, 0.2) is 46.9 Å². The highest BCUT2D eigenvalue weighted by Gasteiger charge is 2.32. The van der Waals surface area contributed by atoms with Gasteiger partial charge in [0.25, 0.3) is 5.91 Å². The second-order valence-electron chi connectivity index (χ2n) is 4.83. The number of anilines is 2. The topological polar surface area (TPSA) is 29.5 Å². The van der Waals surface area contributed by atoms with E-state index in [1.807, 2.05) is 49.4 Å². The van der Waals surface area contributed by atoms with E-state index in [2.05, 4.69) is 15.9 Å². The van der Waals surface area contributed by atoms with Crippen LogP contribution in [0.3, 0.4) is 0 Å². The Kier molecular flexibility index (Phi) is 3.26. The van der Waals surface area contributed by atoms with Crippen molar-refractivity contribution in [2.24, 2.45) is 0 Å². The van der Waals surface area contributed by atoms with Crippen LogP contribution in [0, 0.1) is 6.92 Å². The molecule has 1 unspecified atom stereocenters. The summed E-state index contributed by atoms with van der Waals surface area (Å²) in [6, 6.07) is 13.5. The minimum Gasteiger partial charge on any atom is -0.479 e. The molecule has 2 aromatic carbocycles. The van der Waals surface area contributed by atoms with Crippen molar-refractivity contribution >= 4 is 33.2 Å². The highest BCUT2D eigenvalue weighted by Crippen LogP contribution is 2.39. The number of nitrogens with zero attached hydrogens (tertiary/aromatic N) is 1. The molecule has 1 heterocycles. The van der Waals surface area contributed by atoms with Gasteiger partial charge in [0.2, 0.25) is 0 Å². The van der Waals surface area contributed by atoms with Crippen LogP contribution in [0.1, 0.15) is 12.5 Å². The number of hydrogen-bond acceptors (Lipinski definition) is 2. The molecule has 4 heteroatoms. The van der Waals surface area contributed by atoms with Gasteiger partial charge in [0.05, 0.1) is 11.4 Å². The van der Waals surface area contributed by atoms with Crippen LogP contribution in [0.25, 0.3) is 0 Å². The van der Waals surface area contributed by atoms with Crippen LogP contribution in [-0.4, -0.2) is 12.0 Å². The summed E-state index contributed by atoms with van der Waals surface area (Å²) >= 11 is 3.52. The number of amides is 1. The van der Waals surface area contributed by atoms with Crippen LogP contribution in [-0.2, 0) is 4.79 Å². The summed E-state index contributed by atoms with van der Waals surface area (Å²) in [6.07, 6.45) is -0.482. The van der Waals surface area contributed by atoms with Crippen LogP contribution in [0.2, 0.25) is 0 Å². The second-order valence-corrected chi connectivity index (χ2v) is 5.69. The van der Waals surface area contributed by atoms with Crippen molar-refractivity contribution in [2.75, 3.05) is 4.90 Å². The Morgan fingerprint density at radius 3 is 2.70 bits per heavy atom. The predicted molar refractivity (Wildman–Crippen MR) is 82.6 cm³/mol. The number of ether oxygens (including phenoxy) is 1. The maximum Gasteiger partial charge on any atom is 0.272 e. The largest absolute Gasteiger partial charge is 0.479 e. The summed E-state index contributed by atoms with van der Waals surface area (Å²) in [5.41, 5.74) is 2.76. The van der Waals surface area contributed by atoms with Crippen molar-refractivity contribution in [1.29, 1.82) is 0 Å². The lowest BCUT2D eigenvalue weighted by Gasteiger charge is -2.33. The zero-order valence-corrected chi connectivity index (χ0v) is 12.8. The standard InChI is InChI=1S/C16H14BrNO2/c1-10-7-8-12(9-13(10)17)18-14-5-3-4-6-15(14)20-11(2)16(18)19/h3-9,11H,1-2H3. The number of aryl methyl sites for hydroxylation is 1. The monoisotopic (exact) mass is 331 g/mol. The zero-order valence-electron chi connectivity index (χ0n) is 11.3. The quantitative estimate of drug-likeness (QED) is 0.783. The van der Waals surface area contributed by atoms with E-state index < -0.39 is 6.10 Å². The number of carbonyl (C=O) groups excluding carboxylic acids is 1. The van der Waals surface area contributed by atoms with E-state index in [0.717, 1.165) is 27.2 Å².